The summed E-state index contributed by atoms with van der Waals surface area (Å²) in [5.74, 6) is 0. The fourth-order valence-corrected chi connectivity index (χ4v) is 2.93. The van der Waals surface area contributed by atoms with Crippen LogP contribution in [-0.4, -0.2) is 35.0 Å². The molecule has 0 saturated carbocycles. The Labute approximate surface area is 124 Å². The Morgan fingerprint density at radius 3 is 2.80 bits per heavy atom. The number of nitrogens with one attached hydrogen (secondary N) is 1. The maximum Gasteiger partial charge on any atom is 0.0897 e. The van der Waals surface area contributed by atoms with Gasteiger partial charge in [0.25, 0.3) is 0 Å². The molecule has 1 N–H and O–H groups in total. The molecule has 110 valence electrons. The summed E-state index contributed by atoms with van der Waals surface area (Å²) in [7, 11) is 1.72. The van der Waals surface area contributed by atoms with E-state index in [4.69, 9.17) is 4.74 Å². The van der Waals surface area contributed by atoms with Gasteiger partial charge in [-0.25, -0.2) is 4.98 Å². The van der Waals surface area contributed by atoms with Gasteiger partial charge in [-0.05, 0) is 20.8 Å². The standard InChI is InChI=1S/C14H22N4OS/c1-10-14(8-15-5-6-19-4)11(2)18(17-10)9-13-7-16-12(3)20-13/h7,15H,5-6,8-9H2,1-4H3. The zero-order valence-corrected chi connectivity index (χ0v) is 13.4. The molecule has 0 spiro atoms. The van der Waals surface area contributed by atoms with Gasteiger partial charge in [-0.3, -0.25) is 4.68 Å². The van der Waals surface area contributed by atoms with E-state index in [1.54, 1.807) is 18.4 Å². The van der Waals surface area contributed by atoms with Crippen LogP contribution in [0.4, 0.5) is 0 Å². The van der Waals surface area contributed by atoms with Crippen molar-refractivity contribution in [3.63, 3.8) is 0 Å². The van der Waals surface area contributed by atoms with E-state index in [0.717, 1.165) is 36.9 Å². The number of methoxy groups -OCH3 is 1. The van der Waals surface area contributed by atoms with Crippen LogP contribution in [0.5, 0.6) is 0 Å². The molecule has 0 aliphatic carbocycles. The number of aromatic nitrogens is 3. The minimum Gasteiger partial charge on any atom is -0.383 e. The predicted molar refractivity (Wildman–Crippen MR) is 81.2 cm³/mol. The van der Waals surface area contributed by atoms with E-state index in [0.29, 0.717) is 0 Å². The normalized spacial score (nSPS) is 11.2. The molecule has 5 nitrogen and oxygen atoms in total. The first-order valence-electron chi connectivity index (χ1n) is 6.75. The molecular formula is C14H22N4OS. The number of thiazole rings is 1. The number of hydrogen-bond donors (Lipinski definition) is 1. The largest absolute Gasteiger partial charge is 0.383 e. The first-order valence-corrected chi connectivity index (χ1v) is 7.57. The first-order chi connectivity index (χ1) is 9.61. The van der Waals surface area contributed by atoms with Crippen LogP contribution in [0.3, 0.4) is 0 Å². The molecule has 2 aromatic heterocycles. The van der Waals surface area contributed by atoms with E-state index >= 15 is 0 Å². The molecule has 2 rings (SSSR count). The van der Waals surface area contributed by atoms with Crippen molar-refractivity contribution in [1.82, 2.24) is 20.1 Å². The molecule has 0 amide bonds. The average Bonchev–Trinajstić information content (AvgIpc) is 2.93. The van der Waals surface area contributed by atoms with Gasteiger partial charge in [-0.2, -0.15) is 5.10 Å². The molecule has 0 saturated heterocycles. The van der Waals surface area contributed by atoms with Gasteiger partial charge in [0.05, 0.1) is 23.9 Å². The zero-order valence-electron chi connectivity index (χ0n) is 12.6. The summed E-state index contributed by atoms with van der Waals surface area (Å²) < 4.78 is 7.10. The lowest BCUT2D eigenvalue weighted by Gasteiger charge is -2.05. The molecule has 0 aromatic carbocycles. The van der Waals surface area contributed by atoms with Crippen LogP contribution in [0.2, 0.25) is 0 Å². The Kier molecular flexibility index (Phi) is 5.28. The van der Waals surface area contributed by atoms with Crippen molar-refractivity contribution in [3.8, 4) is 0 Å². The van der Waals surface area contributed by atoms with E-state index < -0.39 is 0 Å². The molecule has 20 heavy (non-hydrogen) atoms. The molecule has 6 heteroatoms. The van der Waals surface area contributed by atoms with Gasteiger partial charge in [0.2, 0.25) is 0 Å². The number of aryl methyl sites for hydroxylation is 2. The summed E-state index contributed by atoms with van der Waals surface area (Å²) in [6, 6.07) is 0. The molecule has 0 bridgehead atoms. The van der Waals surface area contributed by atoms with Crippen LogP contribution in [0.1, 0.15) is 26.8 Å². The predicted octanol–water partition coefficient (Wildman–Crippen LogP) is 2.05. The fraction of sp³-hybridized carbons (Fsp3) is 0.571. The molecular weight excluding hydrogens is 272 g/mol. The van der Waals surface area contributed by atoms with Crippen molar-refractivity contribution < 1.29 is 4.74 Å². The van der Waals surface area contributed by atoms with E-state index in [2.05, 4.69) is 33.9 Å². The number of ether oxygens (including phenoxy) is 1. The Bertz CT molecular complexity index is 562. The van der Waals surface area contributed by atoms with Crippen LogP contribution < -0.4 is 5.32 Å². The summed E-state index contributed by atoms with van der Waals surface area (Å²) in [5.41, 5.74) is 3.59. The lowest BCUT2D eigenvalue weighted by Crippen LogP contribution is -2.19. The quantitative estimate of drug-likeness (QED) is 0.794. The topological polar surface area (TPSA) is 52.0 Å². The number of rotatable bonds is 7. The highest BCUT2D eigenvalue weighted by molar-refractivity contribution is 7.11. The van der Waals surface area contributed by atoms with Crippen molar-refractivity contribution in [1.29, 1.82) is 0 Å². The fourth-order valence-electron chi connectivity index (χ4n) is 2.16. The van der Waals surface area contributed by atoms with Gasteiger partial charge >= 0.3 is 0 Å². The van der Waals surface area contributed by atoms with Crippen LogP contribution in [0.25, 0.3) is 0 Å². The van der Waals surface area contributed by atoms with E-state index in [1.165, 1.54) is 16.1 Å². The van der Waals surface area contributed by atoms with Crippen LogP contribution in [0, 0.1) is 20.8 Å². The second-order valence-electron chi connectivity index (χ2n) is 4.82. The minimum atomic E-state index is 0.729. The van der Waals surface area contributed by atoms with Crippen LogP contribution >= 0.6 is 11.3 Å². The van der Waals surface area contributed by atoms with Crippen molar-refractivity contribution in [3.05, 3.63) is 33.0 Å². The van der Waals surface area contributed by atoms with Crippen molar-refractivity contribution in [2.75, 3.05) is 20.3 Å². The summed E-state index contributed by atoms with van der Waals surface area (Å²) in [6.45, 7) is 9.44. The van der Waals surface area contributed by atoms with Gasteiger partial charge in [0.15, 0.2) is 0 Å². The molecule has 0 aliphatic rings. The highest BCUT2D eigenvalue weighted by Gasteiger charge is 2.12. The van der Waals surface area contributed by atoms with E-state index in [-0.39, 0.29) is 0 Å². The third-order valence-corrected chi connectivity index (χ3v) is 4.19. The molecule has 2 heterocycles. The molecule has 0 fully saturated rings. The van der Waals surface area contributed by atoms with Gasteiger partial charge in [0.1, 0.15) is 0 Å². The van der Waals surface area contributed by atoms with Crippen LogP contribution in [0.15, 0.2) is 6.20 Å². The molecule has 0 atom stereocenters. The Balaban J connectivity index is 2.04. The second kappa shape index (κ2) is 6.97. The SMILES string of the molecule is COCCNCc1c(C)nn(Cc2cnc(C)s2)c1C. The van der Waals surface area contributed by atoms with Crippen molar-refractivity contribution in [2.24, 2.45) is 0 Å². The lowest BCUT2D eigenvalue weighted by atomic mass is 10.2. The second-order valence-corrected chi connectivity index (χ2v) is 6.14. The van der Waals surface area contributed by atoms with E-state index in [9.17, 15) is 0 Å². The monoisotopic (exact) mass is 294 g/mol. The van der Waals surface area contributed by atoms with E-state index in [1.807, 2.05) is 13.1 Å². The summed E-state index contributed by atoms with van der Waals surface area (Å²) >= 11 is 1.73. The minimum absolute atomic E-state index is 0.729. The number of nitrogens with zero attached hydrogens (tertiary/aromatic N) is 3. The van der Waals surface area contributed by atoms with Gasteiger partial charge < -0.3 is 10.1 Å². The van der Waals surface area contributed by atoms with Gasteiger partial charge in [-0.1, -0.05) is 0 Å². The summed E-state index contributed by atoms with van der Waals surface area (Å²) in [4.78, 5) is 5.54. The third kappa shape index (κ3) is 3.65. The molecule has 2 aromatic rings. The highest BCUT2D eigenvalue weighted by Crippen LogP contribution is 2.17. The summed E-state index contributed by atoms with van der Waals surface area (Å²) in [6.07, 6.45) is 1.94. The maximum atomic E-state index is 5.04. The Morgan fingerprint density at radius 1 is 1.35 bits per heavy atom. The van der Waals surface area contributed by atoms with Crippen LogP contribution in [-0.2, 0) is 17.8 Å². The Hall–Kier alpha value is -1.24. The van der Waals surface area contributed by atoms with Gasteiger partial charge in [0, 0.05) is 42.5 Å². The van der Waals surface area contributed by atoms with Gasteiger partial charge in [-0.15, -0.1) is 11.3 Å². The molecule has 0 unspecified atom stereocenters. The van der Waals surface area contributed by atoms with Crippen molar-refractivity contribution >= 4 is 11.3 Å². The highest BCUT2D eigenvalue weighted by atomic mass is 32.1. The maximum absolute atomic E-state index is 5.04. The molecule has 0 radical (unpaired) electrons. The summed E-state index contributed by atoms with van der Waals surface area (Å²) in [5, 5.41) is 9.12. The zero-order chi connectivity index (χ0) is 14.5. The third-order valence-electron chi connectivity index (χ3n) is 3.29. The number of hydrogen-bond acceptors (Lipinski definition) is 5. The lowest BCUT2D eigenvalue weighted by molar-refractivity contribution is 0.199. The van der Waals surface area contributed by atoms with Crippen molar-refractivity contribution in [2.45, 2.75) is 33.9 Å². The average molecular weight is 294 g/mol. The Morgan fingerprint density at radius 2 is 2.15 bits per heavy atom. The smallest absolute Gasteiger partial charge is 0.0897 e. The first kappa shape index (κ1) is 15.2. The molecule has 0 aliphatic heterocycles.